The summed E-state index contributed by atoms with van der Waals surface area (Å²) in [5.74, 6) is 5.08. The van der Waals surface area contributed by atoms with Gasteiger partial charge in [0.2, 0.25) is 18.2 Å². The number of hydrogen-bond acceptors (Lipinski definition) is 5. The predicted octanol–water partition coefficient (Wildman–Crippen LogP) is 2.10. The third-order valence-electron chi connectivity index (χ3n) is 4.17. The number of nitrogens with zero attached hydrogens (tertiary/aromatic N) is 1. The molecule has 1 unspecified atom stereocenters. The number of hydrogen-bond donors (Lipinski definition) is 4. The zero-order valence-electron chi connectivity index (χ0n) is 16.3. The number of rotatable bonds is 8. The van der Waals surface area contributed by atoms with E-state index in [2.05, 4.69) is 10.6 Å². The Hall–Kier alpha value is -2.94. The Morgan fingerprint density at radius 1 is 0.966 bits per heavy atom. The van der Waals surface area contributed by atoms with Crippen LogP contribution in [0.15, 0.2) is 42.5 Å². The highest BCUT2D eigenvalue weighted by Gasteiger charge is 2.11. The van der Waals surface area contributed by atoms with Crippen molar-refractivity contribution in [1.82, 2.24) is 5.01 Å². The largest absolute Gasteiger partial charge is 0.325 e. The molecule has 0 saturated carbocycles. The minimum Gasteiger partial charge on any atom is -0.325 e. The van der Waals surface area contributed by atoms with Crippen molar-refractivity contribution < 1.29 is 14.4 Å². The Bertz CT molecular complexity index is 858. The maximum absolute atomic E-state index is 11.4. The van der Waals surface area contributed by atoms with E-state index in [0.29, 0.717) is 17.8 Å². The van der Waals surface area contributed by atoms with Crippen molar-refractivity contribution in [2.24, 2.45) is 11.6 Å². The van der Waals surface area contributed by atoms with Gasteiger partial charge in [0.25, 0.3) is 0 Å². The summed E-state index contributed by atoms with van der Waals surface area (Å²) in [6.07, 6.45) is 1.31. The van der Waals surface area contributed by atoms with E-state index in [-0.39, 0.29) is 24.2 Å². The zero-order chi connectivity index (χ0) is 20.7. The fourth-order valence-corrected chi connectivity index (χ4v) is 2.75. The third kappa shape index (κ3) is 7.19. The van der Waals surface area contributed by atoms with Gasteiger partial charge < -0.3 is 16.4 Å². The molecule has 8 nitrogen and oxygen atoms in total. The monoisotopic (exact) mass is 419 g/mol. The van der Waals surface area contributed by atoms with E-state index in [4.69, 9.17) is 11.6 Å². The molecule has 3 amide bonds. The summed E-state index contributed by atoms with van der Waals surface area (Å²) in [5.41, 5.74) is 9.86. The summed E-state index contributed by atoms with van der Waals surface area (Å²) >= 11 is 0. The fraction of sp³-hybridized carbons (Fsp3) is 0.250. The maximum atomic E-state index is 11.4. The Kier molecular flexibility index (Phi) is 9.27. The minimum atomic E-state index is -0.687. The third-order valence-corrected chi connectivity index (χ3v) is 4.17. The average Bonchev–Trinajstić information content (AvgIpc) is 2.66. The number of benzene rings is 2. The van der Waals surface area contributed by atoms with Crippen LogP contribution in [0.1, 0.15) is 36.7 Å². The lowest BCUT2D eigenvalue weighted by atomic mass is 10.0. The number of nitrogens with one attached hydrogen (secondary N) is 2. The molecule has 0 aliphatic heterocycles. The van der Waals surface area contributed by atoms with Gasteiger partial charge in [0.05, 0.1) is 11.4 Å². The molecule has 0 radical (unpaired) electrons. The van der Waals surface area contributed by atoms with Crippen molar-refractivity contribution in [3.05, 3.63) is 59.2 Å². The first-order chi connectivity index (χ1) is 13.3. The Morgan fingerprint density at radius 3 is 2.03 bits per heavy atom. The number of aryl methyl sites for hydroxylation is 2. The van der Waals surface area contributed by atoms with Crippen LogP contribution in [-0.2, 0) is 27.2 Å². The van der Waals surface area contributed by atoms with Gasteiger partial charge in [0, 0.05) is 13.8 Å². The Labute approximate surface area is 176 Å². The van der Waals surface area contributed by atoms with Gasteiger partial charge in [-0.25, -0.2) is 5.84 Å². The molecule has 2 aromatic carbocycles. The summed E-state index contributed by atoms with van der Waals surface area (Å²) in [6.45, 7) is 2.84. The molecule has 2 rings (SSSR count). The lowest BCUT2D eigenvalue weighted by molar-refractivity contribution is -0.120. The molecule has 0 saturated heterocycles. The second-order valence-corrected chi connectivity index (χ2v) is 6.48. The highest BCUT2D eigenvalue weighted by Crippen LogP contribution is 2.24. The van der Waals surface area contributed by atoms with Crippen LogP contribution in [0.5, 0.6) is 0 Å². The van der Waals surface area contributed by atoms with E-state index in [1.54, 1.807) is 6.07 Å². The lowest BCUT2D eigenvalue weighted by Crippen LogP contribution is -2.38. The van der Waals surface area contributed by atoms with Crippen LogP contribution in [0.4, 0.5) is 11.4 Å². The normalized spacial score (nSPS) is 11.0. The standard InChI is InChI=1S/C20H25N5O3.ClH/c1-13(27)23-18-10-7-16(11-19(18)24-14(2)28)4-3-15-5-8-17(9-6-15)20(21)25(22)12-26;/h5-12,20H,3-4,21-22H2,1-2H3,(H,23,27)(H,24,28);1H. The van der Waals surface area contributed by atoms with Crippen molar-refractivity contribution in [3.63, 3.8) is 0 Å². The Balaban J connectivity index is 0.00000420. The van der Waals surface area contributed by atoms with Crippen molar-refractivity contribution >= 4 is 42.0 Å². The molecule has 0 aliphatic rings. The summed E-state index contributed by atoms with van der Waals surface area (Å²) in [4.78, 5) is 33.4. The van der Waals surface area contributed by atoms with Crippen molar-refractivity contribution in [2.75, 3.05) is 10.6 Å². The van der Waals surface area contributed by atoms with Gasteiger partial charge in [0.15, 0.2) is 0 Å². The molecule has 0 aromatic heterocycles. The average molecular weight is 420 g/mol. The molecule has 2 aromatic rings. The van der Waals surface area contributed by atoms with Gasteiger partial charge in [0.1, 0.15) is 6.17 Å². The highest BCUT2D eigenvalue weighted by atomic mass is 35.5. The zero-order valence-corrected chi connectivity index (χ0v) is 17.2. The van der Waals surface area contributed by atoms with Crippen molar-refractivity contribution in [2.45, 2.75) is 32.9 Å². The number of carbonyl (C=O) groups excluding carboxylic acids is 3. The van der Waals surface area contributed by atoms with Crippen LogP contribution in [-0.4, -0.2) is 23.2 Å². The van der Waals surface area contributed by atoms with Gasteiger partial charge in [-0.3, -0.25) is 19.4 Å². The van der Waals surface area contributed by atoms with E-state index >= 15 is 0 Å². The molecule has 0 heterocycles. The molecule has 0 spiro atoms. The molecule has 0 fully saturated rings. The first kappa shape index (κ1) is 24.1. The number of anilines is 2. The van der Waals surface area contributed by atoms with Crippen molar-refractivity contribution in [3.8, 4) is 0 Å². The Morgan fingerprint density at radius 2 is 1.48 bits per heavy atom. The summed E-state index contributed by atoms with van der Waals surface area (Å²) < 4.78 is 0. The molecule has 6 N–H and O–H groups in total. The van der Waals surface area contributed by atoms with Crippen LogP contribution < -0.4 is 22.2 Å². The van der Waals surface area contributed by atoms with E-state index in [0.717, 1.165) is 34.5 Å². The highest BCUT2D eigenvalue weighted by molar-refractivity contribution is 5.98. The first-order valence-corrected chi connectivity index (χ1v) is 8.81. The lowest BCUT2D eigenvalue weighted by Gasteiger charge is -2.19. The smallest absolute Gasteiger partial charge is 0.225 e. The number of halogens is 1. The summed E-state index contributed by atoms with van der Waals surface area (Å²) in [5, 5.41) is 6.36. The van der Waals surface area contributed by atoms with Gasteiger partial charge in [-0.15, -0.1) is 12.4 Å². The van der Waals surface area contributed by atoms with E-state index < -0.39 is 6.17 Å². The number of nitrogens with two attached hydrogens (primary N) is 2. The van der Waals surface area contributed by atoms with Gasteiger partial charge in [-0.1, -0.05) is 30.3 Å². The van der Waals surface area contributed by atoms with E-state index in [1.165, 1.54) is 13.8 Å². The van der Waals surface area contributed by atoms with E-state index in [1.807, 2.05) is 36.4 Å². The maximum Gasteiger partial charge on any atom is 0.225 e. The molecule has 156 valence electrons. The molecular formula is C20H26ClN5O3. The second kappa shape index (κ2) is 11.2. The van der Waals surface area contributed by atoms with E-state index in [9.17, 15) is 14.4 Å². The minimum absolute atomic E-state index is 0. The fourth-order valence-electron chi connectivity index (χ4n) is 2.75. The van der Waals surface area contributed by atoms with Gasteiger partial charge in [-0.05, 0) is 41.7 Å². The quantitative estimate of drug-likeness (QED) is 0.171. The molecule has 29 heavy (non-hydrogen) atoms. The summed E-state index contributed by atoms with van der Waals surface area (Å²) in [6, 6.07) is 13.1. The molecule has 0 aliphatic carbocycles. The number of carbonyl (C=O) groups is 3. The topological polar surface area (TPSA) is 131 Å². The SMILES string of the molecule is CC(=O)Nc1ccc(CCc2ccc(C(N)N(N)C=O)cc2)cc1NC(C)=O.Cl. The number of amides is 3. The molecule has 1 atom stereocenters. The summed E-state index contributed by atoms with van der Waals surface area (Å²) in [7, 11) is 0. The molecular weight excluding hydrogens is 394 g/mol. The van der Waals surface area contributed by atoms with Crippen LogP contribution in [0, 0.1) is 0 Å². The second-order valence-electron chi connectivity index (χ2n) is 6.48. The number of hydrazine groups is 1. The molecule has 0 bridgehead atoms. The van der Waals surface area contributed by atoms with Crippen LogP contribution in [0.2, 0.25) is 0 Å². The molecule has 9 heteroatoms. The predicted molar refractivity (Wildman–Crippen MR) is 115 cm³/mol. The van der Waals surface area contributed by atoms with Crippen LogP contribution in [0.3, 0.4) is 0 Å². The van der Waals surface area contributed by atoms with Crippen molar-refractivity contribution in [1.29, 1.82) is 0 Å². The van der Waals surface area contributed by atoms with Gasteiger partial charge >= 0.3 is 0 Å². The first-order valence-electron chi connectivity index (χ1n) is 8.81. The van der Waals surface area contributed by atoms with Crippen LogP contribution >= 0.6 is 12.4 Å². The van der Waals surface area contributed by atoms with Gasteiger partial charge in [-0.2, -0.15) is 0 Å². The van der Waals surface area contributed by atoms with Crippen LogP contribution in [0.25, 0.3) is 0 Å².